The van der Waals surface area contributed by atoms with Crippen LogP contribution in [0.25, 0.3) is 0 Å². The molecule has 1 atom stereocenters. The lowest BCUT2D eigenvalue weighted by molar-refractivity contribution is -0.119. The van der Waals surface area contributed by atoms with E-state index < -0.39 is 26.7 Å². The van der Waals surface area contributed by atoms with Crippen LogP contribution in [0.2, 0.25) is 0 Å². The van der Waals surface area contributed by atoms with Gasteiger partial charge in [0.2, 0.25) is 5.91 Å². The zero-order chi connectivity index (χ0) is 14.2. The first kappa shape index (κ1) is 17.4. The quantitative estimate of drug-likeness (QED) is 0.609. The molecule has 5 nitrogen and oxygen atoms in total. The fraction of sp³-hybridized carbons (Fsp3) is 0.917. The minimum absolute atomic E-state index is 0.0364. The molecular weight excluding hydrogens is 252 g/mol. The normalized spacial score (nSPS) is 13.6. The summed E-state index contributed by atoms with van der Waals surface area (Å²) in [6, 6.07) is -0.0364. The second-order valence-corrected chi connectivity index (χ2v) is 7.32. The van der Waals surface area contributed by atoms with Crippen LogP contribution >= 0.6 is 0 Å². The molecule has 1 amide bonds. The highest BCUT2D eigenvalue weighted by molar-refractivity contribution is 7.92. The molecular formula is C12H26N2O3S. The average Bonchev–Trinajstić information content (AvgIpc) is 2.21. The van der Waals surface area contributed by atoms with Crippen LogP contribution in [0.1, 0.15) is 40.5 Å². The second-order valence-electron chi connectivity index (χ2n) is 4.90. The van der Waals surface area contributed by atoms with E-state index in [1.165, 1.54) is 0 Å². The Hall–Kier alpha value is -0.620. The van der Waals surface area contributed by atoms with Gasteiger partial charge in [-0.15, -0.1) is 0 Å². The molecule has 0 bridgehead atoms. The number of rotatable bonds is 9. The first-order valence-corrected chi connectivity index (χ1v) is 8.22. The Bertz CT molecular complexity index is 339. The molecule has 108 valence electrons. The van der Waals surface area contributed by atoms with Crippen LogP contribution < -0.4 is 10.6 Å². The zero-order valence-corrected chi connectivity index (χ0v) is 12.6. The first-order valence-electron chi connectivity index (χ1n) is 6.51. The molecule has 0 rings (SSSR count). The van der Waals surface area contributed by atoms with Crippen LogP contribution in [0.3, 0.4) is 0 Å². The fourth-order valence-electron chi connectivity index (χ4n) is 1.42. The van der Waals surface area contributed by atoms with E-state index >= 15 is 0 Å². The summed E-state index contributed by atoms with van der Waals surface area (Å²) < 4.78 is 23.8. The highest BCUT2D eigenvalue weighted by Crippen LogP contribution is 2.01. The third kappa shape index (κ3) is 7.66. The molecule has 18 heavy (non-hydrogen) atoms. The van der Waals surface area contributed by atoms with Crippen LogP contribution in [-0.2, 0) is 14.6 Å². The first-order chi connectivity index (χ1) is 8.29. The van der Waals surface area contributed by atoms with Crippen LogP contribution in [-0.4, -0.2) is 44.5 Å². The minimum Gasteiger partial charge on any atom is -0.353 e. The third-order valence-corrected chi connectivity index (χ3v) is 4.59. The summed E-state index contributed by atoms with van der Waals surface area (Å²) in [5, 5.41) is 5.15. The van der Waals surface area contributed by atoms with E-state index in [0.29, 0.717) is 6.54 Å². The van der Waals surface area contributed by atoms with Gasteiger partial charge in [-0.3, -0.25) is 4.79 Å². The molecule has 2 N–H and O–H groups in total. The van der Waals surface area contributed by atoms with Crippen molar-refractivity contribution in [1.29, 1.82) is 0 Å². The van der Waals surface area contributed by atoms with Gasteiger partial charge in [-0.05, 0) is 33.7 Å². The van der Waals surface area contributed by atoms with Crippen molar-refractivity contribution in [2.24, 2.45) is 0 Å². The van der Waals surface area contributed by atoms with Crippen LogP contribution in [0.15, 0.2) is 0 Å². The van der Waals surface area contributed by atoms with Crippen molar-refractivity contribution in [3.63, 3.8) is 0 Å². The molecule has 0 aromatic carbocycles. The lowest BCUT2D eigenvalue weighted by atomic mass is 10.3. The molecule has 1 unspecified atom stereocenters. The smallest absolute Gasteiger partial charge is 0.235 e. The van der Waals surface area contributed by atoms with Crippen molar-refractivity contribution in [3.8, 4) is 0 Å². The molecule has 0 heterocycles. The number of sulfone groups is 1. The van der Waals surface area contributed by atoms with E-state index in [1.54, 1.807) is 20.8 Å². The van der Waals surface area contributed by atoms with Gasteiger partial charge >= 0.3 is 0 Å². The molecule has 6 heteroatoms. The predicted octanol–water partition coefficient (Wildman–Crippen LogP) is 0.704. The van der Waals surface area contributed by atoms with Gasteiger partial charge in [0, 0.05) is 12.6 Å². The summed E-state index contributed by atoms with van der Waals surface area (Å²) in [6.45, 7) is 8.54. The molecule has 0 fully saturated rings. The molecule has 0 aliphatic rings. The maximum Gasteiger partial charge on any atom is 0.235 e. The van der Waals surface area contributed by atoms with E-state index in [0.717, 1.165) is 19.4 Å². The Morgan fingerprint density at radius 1 is 1.22 bits per heavy atom. The van der Waals surface area contributed by atoms with E-state index in [-0.39, 0.29) is 6.04 Å². The Morgan fingerprint density at radius 2 is 1.83 bits per heavy atom. The molecule has 0 aliphatic heterocycles. The second kappa shape index (κ2) is 8.48. The van der Waals surface area contributed by atoms with Crippen molar-refractivity contribution in [1.82, 2.24) is 10.6 Å². The fourth-order valence-corrected chi connectivity index (χ4v) is 2.53. The standard InChI is InChI=1S/C12H26N2O3S/c1-5-6-7-13-8-11(4)18(16,17)9-12(15)14-10(2)3/h10-11,13H,5-9H2,1-4H3,(H,14,15). The van der Waals surface area contributed by atoms with Gasteiger partial charge in [0.05, 0.1) is 5.25 Å². The van der Waals surface area contributed by atoms with Crippen LogP contribution in [0.5, 0.6) is 0 Å². The topological polar surface area (TPSA) is 75.3 Å². The Labute approximate surface area is 111 Å². The van der Waals surface area contributed by atoms with Gasteiger partial charge in [0.1, 0.15) is 5.75 Å². The summed E-state index contributed by atoms with van der Waals surface area (Å²) in [7, 11) is -3.37. The maximum atomic E-state index is 11.9. The molecule has 0 saturated carbocycles. The number of carbonyl (C=O) groups excluding carboxylic acids is 1. The molecule has 0 spiro atoms. The highest BCUT2D eigenvalue weighted by Gasteiger charge is 2.24. The number of carbonyl (C=O) groups is 1. The van der Waals surface area contributed by atoms with Gasteiger partial charge in [-0.25, -0.2) is 8.42 Å². The van der Waals surface area contributed by atoms with Crippen molar-refractivity contribution in [2.45, 2.75) is 51.8 Å². The molecule has 0 aromatic heterocycles. The summed E-state index contributed by atoms with van der Waals surface area (Å²) in [6.07, 6.45) is 2.10. The monoisotopic (exact) mass is 278 g/mol. The van der Waals surface area contributed by atoms with E-state index in [2.05, 4.69) is 17.6 Å². The Kier molecular flexibility index (Phi) is 8.18. The maximum absolute atomic E-state index is 11.9. The number of unbranched alkanes of at least 4 members (excludes halogenated alkanes) is 1. The lowest BCUT2D eigenvalue weighted by Crippen LogP contribution is -2.40. The van der Waals surface area contributed by atoms with Gasteiger partial charge in [0.25, 0.3) is 0 Å². The largest absolute Gasteiger partial charge is 0.353 e. The number of amides is 1. The molecule has 0 saturated heterocycles. The Morgan fingerprint density at radius 3 is 2.33 bits per heavy atom. The number of hydrogen-bond acceptors (Lipinski definition) is 4. The lowest BCUT2D eigenvalue weighted by Gasteiger charge is -2.14. The highest BCUT2D eigenvalue weighted by atomic mass is 32.2. The summed E-state index contributed by atoms with van der Waals surface area (Å²) >= 11 is 0. The SMILES string of the molecule is CCCCNCC(C)S(=O)(=O)CC(=O)NC(C)C. The molecule has 0 aromatic rings. The predicted molar refractivity (Wildman–Crippen MR) is 74.3 cm³/mol. The van der Waals surface area contributed by atoms with E-state index in [9.17, 15) is 13.2 Å². The van der Waals surface area contributed by atoms with Crippen molar-refractivity contribution in [2.75, 3.05) is 18.8 Å². The average molecular weight is 278 g/mol. The van der Waals surface area contributed by atoms with Crippen molar-refractivity contribution < 1.29 is 13.2 Å². The summed E-state index contributed by atoms with van der Waals surface area (Å²) in [5.41, 5.74) is 0. The van der Waals surface area contributed by atoms with Crippen LogP contribution in [0.4, 0.5) is 0 Å². The van der Waals surface area contributed by atoms with Crippen molar-refractivity contribution >= 4 is 15.7 Å². The third-order valence-electron chi connectivity index (χ3n) is 2.53. The van der Waals surface area contributed by atoms with Gasteiger partial charge in [-0.1, -0.05) is 13.3 Å². The van der Waals surface area contributed by atoms with Gasteiger partial charge in [0.15, 0.2) is 9.84 Å². The summed E-state index contributed by atoms with van der Waals surface area (Å²) in [4.78, 5) is 11.4. The Balaban J connectivity index is 4.15. The van der Waals surface area contributed by atoms with Crippen molar-refractivity contribution in [3.05, 3.63) is 0 Å². The molecule has 0 aliphatic carbocycles. The van der Waals surface area contributed by atoms with E-state index in [1.807, 2.05) is 0 Å². The summed E-state index contributed by atoms with van der Waals surface area (Å²) in [5.74, 6) is -0.854. The van der Waals surface area contributed by atoms with Gasteiger partial charge < -0.3 is 10.6 Å². The zero-order valence-electron chi connectivity index (χ0n) is 11.8. The molecule has 0 radical (unpaired) electrons. The van der Waals surface area contributed by atoms with Crippen LogP contribution in [0, 0.1) is 0 Å². The minimum atomic E-state index is -3.37. The number of hydrogen-bond donors (Lipinski definition) is 2. The number of nitrogens with one attached hydrogen (secondary N) is 2. The van der Waals surface area contributed by atoms with E-state index in [4.69, 9.17) is 0 Å². The van der Waals surface area contributed by atoms with Gasteiger partial charge in [-0.2, -0.15) is 0 Å².